The molecular weight excluding hydrogens is 350 g/mol. The summed E-state index contributed by atoms with van der Waals surface area (Å²) < 4.78 is 16.7. The van der Waals surface area contributed by atoms with E-state index in [-0.39, 0.29) is 24.5 Å². The predicted octanol–water partition coefficient (Wildman–Crippen LogP) is 2.97. The molecule has 1 saturated heterocycles. The number of carboxylic acid groups (broad SMARTS) is 1. The van der Waals surface area contributed by atoms with Crippen LogP contribution in [0, 0.1) is 0 Å². The Labute approximate surface area is 160 Å². The number of rotatable bonds is 10. The van der Waals surface area contributed by atoms with E-state index in [1.807, 2.05) is 6.92 Å². The summed E-state index contributed by atoms with van der Waals surface area (Å²) in [5.74, 6) is -0.0112. The van der Waals surface area contributed by atoms with E-state index in [2.05, 4.69) is 6.92 Å². The highest BCUT2D eigenvalue weighted by Crippen LogP contribution is 2.31. The summed E-state index contributed by atoms with van der Waals surface area (Å²) in [7, 11) is 1.58. The molecule has 1 amide bonds. The van der Waals surface area contributed by atoms with E-state index in [0.29, 0.717) is 43.2 Å². The van der Waals surface area contributed by atoms with Gasteiger partial charge < -0.3 is 24.2 Å². The summed E-state index contributed by atoms with van der Waals surface area (Å²) >= 11 is 0. The van der Waals surface area contributed by atoms with Crippen LogP contribution in [0.25, 0.3) is 0 Å². The van der Waals surface area contributed by atoms with Crippen molar-refractivity contribution in [1.82, 2.24) is 4.90 Å². The highest BCUT2D eigenvalue weighted by molar-refractivity contribution is 5.95. The molecule has 2 rings (SSSR count). The summed E-state index contributed by atoms with van der Waals surface area (Å²) in [6.45, 7) is 5.39. The van der Waals surface area contributed by atoms with E-state index in [1.165, 1.54) is 0 Å². The second kappa shape index (κ2) is 10.2. The van der Waals surface area contributed by atoms with Crippen molar-refractivity contribution < 1.29 is 28.9 Å². The first kappa shape index (κ1) is 21.0. The van der Waals surface area contributed by atoms with Gasteiger partial charge in [-0.05, 0) is 38.0 Å². The SMILES string of the molecule is CCCCOc1ccc(C(=O)N2CC(OC)CC2CC(=O)O)cc1OCC. The highest BCUT2D eigenvalue weighted by Gasteiger charge is 2.37. The lowest BCUT2D eigenvalue weighted by Crippen LogP contribution is -2.37. The molecule has 1 aliphatic heterocycles. The third-order valence-corrected chi connectivity index (χ3v) is 4.63. The largest absolute Gasteiger partial charge is 0.490 e. The lowest BCUT2D eigenvalue weighted by Gasteiger charge is -2.24. The molecule has 1 N–H and O–H groups in total. The number of aliphatic carboxylic acids is 1. The Morgan fingerprint density at radius 1 is 1.22 bits per heavy atom. The molecule has 0 aromatic heterocycles. The lowest BCUT2D eigenvalue weighted by atomic mass is 10.1. The fourth-order valence-electron chi connectivity index (χ4n) is 3.21. The molecular formula is C20H29NO6. The van der Waals surface area contributed by atoms with Gasteiger partial charge in [0.05, 0.1) is 25.7 Å². The third kappa shape index (κ3) is 5.60. The second-order valence-electron chi connectivity index (χ2n) is 6.60. The van der Waals surface area contributed by atoms with E-state index in [9.17, 15) is 9.59 Å². The number of carboxylic acids is 1. The van der Waals surface area contributed by atoms with Crippen molar-refractivity contribution in [3.63, 3.8) is 0 Å². The Balaban J connectivity index is 2.20. The first-order chi connectivity index (χ1) is 13.0. The van der Waals surface area contributed by atoms with Crippen LogP contribution >= 0.6 is 0 Å². The molecule has 7 nitrogen and oxygen atoms in total. The van der Waals surface area contributed by atoms with Crippen LogP contribution in [0.3, 0.4) is 0 Å². The summed E-state index contributed by atoms with van der Waals surface area (Å²) in [5, 5.41) is 9.14. The van der Waals surface area contributed by atoms with Gasteiger partial charge in [-0.2, -0.15) is 0 Å². The molecule has 1 heterocycles. The monoisotopic (exact) mass is 379 g/mol. The smallest absolute Gasteiger partial charge is 0.305 e. The molecule has 7 heteroatoms. The van der Waals surface area contributed by atoms with E-state index in [4.69, 9.17) is 19.3 Å². The van der Waals surface area contributed by atoms with Gasteiger partial charge in [0, 0.05) is 25.3 Å². The summed E-state index contributed by atoms with van der Waals surface area (Å²) in [4.78, 5) is 25.7. The van der Waals surface area contributed by atoms with Gasteiger partial charge in [0.25, 0.3) is 5.91 Å². The topological polar surface area (TPSA) is 85.3 Å². The number of carbonyl (C=O) groups is 2. The van der Waals surface area contributed by atoms with E-state index < -0.39 is 5.97 Å². The number of hydrogen-bond acceptors (Lipinski definition) is 5. The van der Waals surface area contributed by atoms with Crippen molar-refractivity contribution in [2.45, 2.75) is 51.7 Å². The van der Waals surface area contributed by atoms with Crippen LogP contribution in [0.5, 0.6) is 11.5 Å². The first-order valence-electron chi connectivity index (χ1n) is 9.45. The van der Waals surface area contributed by atoms with Gasteiger partial charge in [-0.25, -0.2) is 0 Å². The fraction of sp³-hybridized carbons (Fsp3) is 0.600. The van der Waals surface area contributed by atoms with Crippen molar-refractivity contribution in [3.8, 4) is 11.5 Å². The van der Waals surface area contributed by atoms with Crippen LogP contribution < -0.4 is 9.47 Å². The maximum Gasteiger partial charge on any atom is 0.305 e. The van der Waals surface area contributed by atoms with E-state index in [0.717, 1.165) is 12.8 Å². The number of amides is 1. The normalized spacial score (nSPS) is 19.1. The molecule has 0 radical (unpaired) electrons. The maximum atomic E-state index is 13.0. The Hall–Kier alpha value is -2.28. The molecule has 0 saturated carbocycles. The highest BCUT2D eigenvalue weighted by atomic mass is 16.5. The van der Waals surface area contributed by atoms with Crippen molar-refractivity contribution in [1.29, 1.82) is 0 Å². The summed E-state index contributed by atoms with van der Waals surface area (Å²) in [6, 6.07) is 4.73. The first-order valence-corrected chi connectivity index (χ1v) is 9.45. The molecule has 1 aliphatic rings. The van der Waals surface area contributed by atoms with Gasteiger partial charge in [-0.3, -0.25) is 9.59 Å². The molecule has 0 bridgehead atoms. The molecule has 0 spiro atoms. The van der Waals surface area contributed by atoms with Gasteiger partial charge >= 0.3 is 5.97 Å². The number of nitrogens with zero attached hydrogens (tertiary/aromatic N) is 1. The van der Waals surface area contributed by atoms with Crippen LogP contribution in [0.15, 0.2) is 18.2 Å². The number of unbranched alkanes of at least 4 members (excludes halogenated alkanes) is 1. The second-order valence-corrected chi connectivity index (χ2v) is 6.60. The number of hydrogen-bond donors (Lipinski definition) is 1. The van der Waals surface area contributed by atoms with Crippen molar-refractivity contribution in [2.24, 2.45) is 0 Å². The number of methoxy groups -OCH3 is 1. The van der Waals surface area contributed by atoms with Gasteiger partial charge in [0.15, 0.2) is 11.5 Å². The molecule has 2 atom stereocenters. The minimum atomic E-state index is -0.927. The fourth-order valence-corrected chi connectivity index (χ4v) is 3.21. The van der Waals surface area contributed by atoms with E-state index in [1.54, 1.807) is 30.2 Å². The van der Waals surface area contributed by atoms with E-state index >= 15 is 0 Å². The van der Waals surface area contributed by atoms with Gasteiger partial charge in [0.2, 0.25) is 0 Å². The van der Waals surface area contributed by atoms with Crippen molar-refractivity contribution in [2.75, 3.05) is 26.9 Å². The minimum absolute atomic E-state index is 0.0951. The molecule has 1 fully saturated rings. The van der Waals surface area contributed by atoms with Crippen LogP contribution in [0.2, 0.25) is 0 Å². The lowest BCUT2D eigenvalue weighted by molar-refractivity contribution is -0.138. The van der Waals surface area contributed by atoms with Crippen molar-refractivity contribution >= 4 is 11.9 Å². The standard InChI is InChI=1S/C20H29NO6/c1-4-6-9-27-17-8-7-14(10-18(17)26-5-2)20(24)21-13-16(25-3)11-15(21)12-19(22)23/h7-8,10,15-16H,4-6,9,11-13H2,1-3H3,(H,22,23). The van der Waals surface area contributed by atoms with Crippen LogP contribution in [-0.2, 0) is 9.53 Å². The summed E-state index contributed by atoms with van der Waals surface area (Å²) in [6.07, 6.45) is 2.24. The van der Waals surface area contributed by atoms with Crippen LogP contribution in [-0.4, -0.2) is 60.9 Å². The van der Waals surface area contributed by atoms with Gasteiger partial charge in [-0.1, -0.05) is 13.3 Å². The number of likely N-dealkylation sites (tertiary alicyclic amines) is 1. The molecule has 1 aromatic rings. The van der Waals surface area contributed by atoms with Gasteiger partial charge in [0.1, 0.15) is 0 Å². The Kier molecular flexibility index (Phi) is 7.91. The Morgan fingerprint density at radius 3 is 2.63 bits per heavy atom. The Bertz CT molecular complexity index is 647. The van der Waals surface area contributed by atoms with Crippen molar-refractivity contribution in [3.05, 3.63) is 23.8 Å². The molecule has 2 unspecified atom stereocenters. The predicted molar refractivity (Wildman–Crippen MR) is 101 cm³/mol. The van der Waals surface area contributed by atoms with Gasteiger partial charge in [-0.15, -0.1) is 0 Å². The zero-order valence-electron chi connectivity index (χ0n) is 16.3. The zero-order valence-corrected chi connectivity index (χ0v) is 16.3. The minimum Gasteiger partial charge on any atom is -0.490 e. The number of ether oxygens (including phenoxy) is 3. The van der Waals surface area contributed by atoms with Crippen LogP contribution in [0.4, 0.5) is 0 Å². The average molecular weight is 379 g/mol. The van der Waals surface area contributed by atoms with Crippen LogP contribution in [0.1, 0.15) is 49.9 Å². The molecule has 1 aromatic carbocycles. The number of carbonyl (C=O) groups excluding carboxylic acids is 1. The third-order valence-electron chi connectivity index (χ3n) is 4.63. The molecule has 0 aliphatic carbocycles. The maximum absolute atomic E-state index is 13.0. The molecule has 150 valence electrons. The number of benzene rings is 1. The summed E-state index contributed by atoms with van der Waals surface area (Å²) in [5.41, 5.74) is 0.452. The molecule has 27 heavy (non-hydrogen) atoms. The zero-order chi connectivity index (χ0) is 19.8. The average Bonchev–Trinajstić information content (AvgIpc) is 3.05. The Morgan fingerprint density at radius 2 is 2.00 bits per heavy atom. The quantitative estimate of drug-likeness (QED) is 0.629.